The van der Waals surface area contributed by atoms with Crippen LogP contribution in [0.1, 0.15) is 41.0 Å². The van der Waals surface area contributed by atoms with Crippen LogP contribution in [0.5, 0.6) is 0 Å². The molecular weight excluding hydrogens is 326 g/mol. The number of ether oxygens (including phenoxy) is 1. The van der Waals surface area contributed by atoms with E-state index >= 15 is 0 Å². The van der Waals surface area contributed by atoms with Gasteiger partial charge in [0.05, 0.1) is 18.5 Å². The van der Waals surface area contributed by atoms with Crippen LogP contribution in [0.4, 0.5) is 4.79 Å². The molecule has 2 amide bonds. The number of carbonyl (C=O) groups is 3. The van der Waals surface area contributed by atoms with E-state index in [1.54, 1.807) is 32.7 Å². The fourth-order valence-corrected chi connectivity index (χ4v) is 2.65. The minimum absolute atomic E-state index is 0.0855. The minimum Gasteiger partial charge on any atom is -0.481 e. The number of carboxylic acid groups (broad SMARTS) is 1. The lowest BCUT2D eigenvalue weighted by atomic mass is 9.84. The zero-order valence-corrected chi connectivity index (χ0v) is 16.1. The van der Waals surface area contributed by atoms with Crippen molar-refractivity contribution < 1.29 is 24.2 Å². The van der Waals surface area contributed by atoms with Crippen LogP contribution >= 0.6 is 0 Å². The Kier molecular flexibility index (Phi) is 6.82. The van der Waals surface area contributed by atoms with E-state index in [-0.39, 0.29) is 32.0 Å². The third kappa shape index (κ3) is 6.53. The first kappa shape index (κ1) is 21.2. The van der Waals surface area contributed by atoms with Crippen LogP contribution in [0.3, 0.4) is 0 Å². The second-order valence-electron chi connectivity index (χ2n) is 8.19. The Morgan fingerprint density at radius 2 is 1.84 bits per heavy atom. The van der Waals surface area contributed by atoms with Crippen molar-refractivity contribution in [3.05, 3.63) is 0 Å². The lowest BCUT2D eigenvalue weighted by molar-refractivity contribution is -0.146. The average molecular weight is 357 g/mol. The van der Waals surface area contributed by atoms with E-state index in [2.05, 4.69) is 5.32 Å². The molecular formula is C17H31N3O5. The van der Waals surface area contributed by atoms with Crippen molar-refractivity contribution in [1.82, 2.24) is 15.1 Å². The topological polar surface area (TPSA) is 99.2 Å². The number of nitrogens with zero attached hydrogens (tertiary/aromatic N) is 2. The number of likely N-dealkylation sites (N-methyl/N-ethyl adjacent to an activating group) is 1. The first-order valence-corrected chi connectivity index (χ1v) is 8.52. The molecule has 0 aromatic rings. The molecule has 8 heteroatoms. The van der Waals surface area contributed by atoms with Crippen LogP contribution < -0.4 is 5.32 Å². The van der Waals surface area contributed by atoms with Gasteiger partial charge in [0.15, 0.2) is 0 Å². The number of aliphatic carboxylic acids is 1. The summed E-state index contributed by atoms with van der Waals surface area (Å²) >= 11 is 0. The molecule has 1 aliphatic heterocycles. The molecule has 0 aliphatic carbocycles. The van der Waals surface area contributed by atoms with E-state index in [9.17, 15) is 19.5 Å². The fraction of sp³-hybridized carbons (Fsp3) is 0.824. The molecule has 0 aromatic carbocycles. The Morgan fingerprint density at radius 3 is 2.28 bits per heavy atom. The molecule has 1 aliphatic rings. The summed E-state index contributed by atoms with van der Waals surface area (Å²) in [5.41, 5.74) is -1.36. The van der Waals surface area contributed by atoms with E-state index in [0.29, 0.717) is 12.5 Å². The summed E-state index contributed by atoms with van der Waals surface area (Å²) in [5, 5.41) is 12.0. The van der Waals surface area contributed by atoms with Gasteiger partial charge >= 0.3 is 12.1 Å². The van der Waals surface area contributed by atoms with Crippen LogP contribution in [0.25, 0.3) is 0 Å². The Bertz CT molecular complexity index is 507. The van der Waals surface area contributed by atoms with Gasteiger partial charge in [-0.25, -0.2) is 4.79 Å². The van der Waals surface area contributed by atoms with Crippen LogP contribution in [0.2, 0.25) is 0 Å². The highest BCUT2D eigenvalue weighted by atomic mass is 16.6. The van der Waals surface area contributed by atoms with Gasteiger partial charge in [0.2, 0.25) is 5.91 Å². The summed E-state index contributed by atoms with van der Waals surface area (Å²) < 4.78 is 5.31. The molecule has 25 heavy (non-hydrogen) atoms. The average Bonchev–Trinajstić information content (AvgIpc) is 2.37. The van der Waals surface area contributed by atoms with Crippen LogP contribution in [-0.4, -0.2) is 77.2 Å². The van der Waals surface area contributed by atoms with Gasteiger partial charge in [0.1, 0.15) is 5.60 Å². The molecule has 0 aromatic heterocycles. The predicted molar refractivity (Wildman–Crippen MR) is 93.3 cm³/mol. The van der Waals surface area contributed by atoms with Gasteiger partial charge in [-0.15, -0.1) is 0 Å². The largest absolute Gasteiger partial charge is 0.481 e. The lowest BCUT2D eigenvalue weighted by Gasteiger charge is -2.53. The molecule has 8 nitrogen and oxygen atoms in total. The van der Waals surface area contributed by atoms with E-state index in [4.69, 9.17) is 4.74 Å². The van der Waals surface area contributed by atoms with E-state index < -0.39 is 23.2 Å². The molecule has 0 radical (unpaired) electrons. The number of hydrogen-bond donors (Lipinski definition) is 2. The Hall–Kier alpha value is -1.83. The summed E-state index contributed by atoms with van der Waals surface area (Å²) in [6, 6.07) is 0. The summed E-state index contributed by atoms with van der Waals surface area (Å²) in [6.07, 6.45) is -0.605. The molecule has 1 fully saturated rings. The number of carbonyl (C=O) groups excluding carboxylic acids is 2. The number of amides is 2. The van der Waals surface area contributed by atoms with Gasteiger partial charge in [0, 0.05) is 19.6 Å². The normalized spacial score (nSPS) is 16.6. The monoisotopic (exact) mass is 357 g/mol. The maximum atomic E-state index is 12.1. The molecule has 1 saturated heterocycles. The van der Waals surface area contributed by atoms with E-state index in [0.717, 1.165) is 0 Å². The first-order chi connectivity index (χ1) is 11.3. The number of hydrogen-bond acceptors (Lipinski definition) is 5. The second kappa shape index (κ2) is 8.03. The van der Waals surface area contributed by atoms with Crippen molar-refractivity contribution in [2.45, 2.75) is 52.2 Å². The molecule has 0 unspecified atom stereocenters. The molecule has 1 heterocycles. The van der Waals surface area contributed by atoms with E-state index in [1.165, 1.54) is 4.90 Å². The van der Waals surface area contributed by atoms with Crippen molar-refractivity contribution in [3.8, 4) is 0 Å². The molecule has 0 bridgehead atoms. The lowest BCUT2D eigenvalue weighted by Crippen LogP contribution is -2.72. The third-order valence-electron chi connectivity index (χ3n) is 4.00. The quantitative estimate of drug-likeness (QED) is 0.709. The number of nitrogens with one attached hydrogen (secondary N) is 1. The molecule has 0 spiro atoms. The van der Waals surface area contributed by atoms with Crippen LogP contribution in [-0.2, 0) is 14.3 Å². The molecule has 1 rings (SSSR count). The van der Waals surface area contributed by atoms with Crippen molar-refractivity contribution in [3.63, 3.8) is 0 Å². The Balaban J connectivity index is 2.68. The highest BCUT2D eigenvalue weighted by molar-refractivity contribution is 5.78. The van der Waals surface area contributed by atoms with Crippen LogP contribution in [0, 0.1) is 5.92 Å². The van der Waals surface area contributed by atoms with Crippen molar-refractivity contribution in [2.24, 2.45) is 5.92 Å². The number of carboxylic acids is 1. The SMILES string of the molecule is CC(C)CNC(=O)CN(C)C1(CC(=O)O)CN(C(=O)OC(C)(C)C)C1. The molecule has 144 valence electrons. The van der Waals surface area contributed by atoms with Gasteiger partial charge in [-0.05, 0) is 33.7 Å². The maximum absolute atomic E-state index is 12.1. The van der Waals surface area contributed by atoms with E-state index in [1.807, 2.05) is 13.8 Å². The Morgan fingerprint density at radius 1 is 1.28 bits per heavy atom. The second-order valence-corrected chi connectivity index (χ2v) is 8.19. The Labute approximate surface area is 149 Å². The first-order valence-electron chi connectivity index (χ1n) is 8.52. The number of rotatable bonds is 7. The van der Waals surface area contributed by atoms with Gasteiger partial charge in [0.25, 0.3) is 0 Å². The standard InChI is InChI=1S/C17H31N3O5/c1-12(2)8-18-13(21)9-19(6)17(7-14(22)23)10-20(11-17)15(24)25-16(3,4)5/h12H,7-11H2,1-6H3,(H,18,21)(H,22,23). The predicted octanol–water partition coefficient (Wildman–Crippen LogP) is 1.15. The summed E-state index contributed by atoms with van der Waals surface area (Å²) in [4.78, 5) is 38.6. The zero-order valence-electron chi connectivity index (χ0n) is 16.1. The van der Waals surface area contributed by atoms with Gasteiger partial charge in [-0.1, -0.05) is 13.8 Å². The maximum Gasteiger partial charge on any atom is 0.410 e. The highest BCUT2D eigenvalue weighted by Gasteiger charge is 2.50. The smallest absolute Gasteiger partial charge is 0.410 e. The van der Waals surface area contributed by atoms with Crippen molar-refractivity contribution >= 4 is 18.0 Å². The highest BCUT2D eigenvalue weighted by Crippen LogP contribution is 2.31. The third-order valence-corrected chi connectivity index (χ3v) is 4.00. The van der Waals surface area contributed by atoms with Gasteiger partial charge < -0.3 is 20.1 Å². The van der Waals surface area contributed by atoms with Crippen molar-refractivity contribution in [2.75, 3.05) is 33.2 Å². The summed E-state index contributed by atoms with van der Waals surface area (Å²) in [7, 11) is 1.71. The van der Waals surface area contributed by atoms with Crippen molar-refractivity contribution in [1.29, 1.82) is 0 Å². The van der Waals surface area contributed by atoms with Gasteiger partial charge in [-0.3, -0.25) is 14.5 Å². The van der Waals surface area contributed by atoms with Crippen LogP contribution in [0.15, 0.2) is 0 Å². The summed E-state index contributed by atoms with van der Waals surface area (Å²) in [5.74, 6) is -0.774. The fourth-order valence-electron chi connectivity index (χ4n) is 2.65. The molecule has 2 N–H and O–H groups in total. The molecule has 0 saturated carbocycles. The molecule has 0 atom stereocenters. The zero-order chi connectivity index (χ0) is 19.4. The van der Waals surface area contributed by atoms with Gasteiger partial charge in [-0.2, -0.15) is 0 Å². The summed E-state index contributed by atoms with van der Waals surface area (Å²) in [6.45, 7) is 10.4. The minimum atomic E-state index is -0.960. The number of likely N-dealkylation sites (tertiary alicyclic amines) is 1.